The van der Waals surface area contributed by atoms with E-state index in [1.807, 2.05) is 36.1 Å². The fourth-order valence-corrected chi connectivity index (χ4v) is 4.56. The fraction of sp³-hybridized carbons (Fsp3) is 0.409. The zero-order chi connectivity index (χ0) is 18.1. The van der Waals surface area contributed by atoms with Crippen molar-refractivity contribution in [3.8, 4) is 5.75 Å². The Morgan fingerprint density at radius 2 is 1.77 bits per heavy atom. The van der Waals surface area contributed by atoms with Crippen LogP contribution in [0.25, 0.3) is 0 Å². The van der Waals surface area contributed by atoms with Crippen LogP contribution in [0.15, 0.2) is 54.6 Å². The molecule has 136 valence electrons. The molecule has 0 aliphatic carbocycles. The second kappa shape index (κ2) is 7.12. The maximum absolute atomic E-state index is 12.7. The minimum absolute atomic E-state index is 0.0946. The maximum atomic E-state index is 12.7. The summed E-state index contributed by atoms with van der Waals surface area (Å²) in [7, 11) is 2.20. The van der Waals surface area contributed by atoms with Gasteiger partial charge in [0.05, 0.1) is 0 Å². The van der Waals surface area contributed by atoms with Crippen LogP contribution >= 0.6 is 0 Å². The summed E-state index contributed by atoms with van der Waals surface area (Å²) >= 11 is 0. The van der Waals surface area contributed by atoms with Gasteiger partial charge in [0.1, 0.15) is 5.75 Å². The lowest BCUT2D eigenvalue weighted by molar-refractivity contribution is -0.132. The molecule has 0 bridgehead atoms. The van der Waals surface area contributed by atoms with Gasteiger partial charge in [-0.2, -0.15) is 0 Å². The molecule has 1 amide bonds. The Kier molecular flexibility index (Phi) is 4.68. The lowest BCUT2D eigenvalue weighted by Crippen LogP contribution is -2.36. The van der Waals surface area contributed by atoms with Gasteiger partial charge in [-0.3, -0.25) is 9.69 Å². The Morgan fingerprint density at radius 1 is 1.04 bits per heavy atom. The number of rotatable bonds is 4. The van der Waals surface area contributed by atoms with Crippen molar-refractivity contribution in [3.63, 3.8) is 0 Å². The number of hydrogen-bond donors (Lipinski definition) is 0. The Bertz CT molecular complexity index is 777. The van der Waals surface area contributed by atoms with Crippen molar-refractivity contribution in [3.05, 3.63) is 65.7 Å². The Hall–Kier alpha value is -2.33. The van der Waals surface area contributed by atoms with Crippen LogP contribution in [0.1, 0.15) is 17.2 Å². The average Bonchev–Trinajstić information content (AvgIpc) is 3.18. The molecule has 0 radical (unpaired) electrons. The number of fused-ring (bicyclic) bond motifs is 1. The van der Waals surface area contributed by atoms with E-state index >= 15 is 0 Å². The second-order valence-corrected chi connectivity index (χ2v) is 7.57. The van der Waals surface area contributed by atoms with Crippen LogP contribution in [0, 0.1) is 18.8 Å². The summed E-state index contributed by atoms with van der Waals surface area (Å²) in [5, 5.41) is 0. The average molecular weight is 350 g/mol. The van der Waals surface area contributed by atoms with Crippen LogP contribution in [0.3, 0.4) is 0 Å². The van der Waals surface area contributed by atoms with Gasteiger partial charge in [0.15, 0.2) is 6.61 Å². The van der Waals surface area contributed by atoms with E-state index in [2.05, 4.69) is 42.3 Å². The number of carbonyl (C=O) groups is 1. The van der Waals surface area contributed by atoms with Crippen molar-refractivity contribution in [2.45, 2.75) is 13.0 Å². The molecule has 2 aromatic carbocycles. The van der Waals surface area contributed by atoms with Gasteiger partial charge in [-0.05, 0) is 37.1 Å². The fourth-order valence-electron chi connectivity index (χ4n) is 4.56. The van der Waals surface area contributed by atoms with Gasteiger partial charge < -0.3 is 9.64 Å². The molecule has 0 unspecified atom stereocenters. The predicted molar refractivity (Wildman–Crippen MR) is 102 cm³/mol. The summed E-state index contributed by atoms with van der Waals surface area (Å²) in [5.41, 5.74) is 2.41. The van der Waals surface area contributed by atoms with E-state index in [9.17, 15) is 4.79 Å². The lowest BCUT2D eigenvalue weighted by Gasteiger charge is -2.27. The van der Waals surface area contributed by atoms with Gasteiger partial charge >= 0.3 is 0 Å². The zero-order valence-corrected chi connectivity index (χ0v) is 15.5. The van der Waals surface area contributed by atoms with Crippen molar-refractivity contribution in [2.24, 2.45) is 11.8 Å². The predicted octanol–water partition coefficient (Wildman–Crippen LogP) is 3.14. The third kappa shape index (κ3) is 3.21. The number of benzene rings is 2. The molecule has 0 saturated carbocycles. The van der Waals surface area contributed by atoms with Gasteiger partial charge in [0, 0.05) is 31.6 Å². The van der Waals surface area contributed by atoms with Gasteiger partial charge in [-0.15, -0.1) is 0 Å². The van der Waals surface area contributed by atoms with Crippen LogP contribution in [0.5, 0.6) is 5.75 Å². The number of para-hydroxylation sites is 1. The summed E-state index contributed by atoms with van der Waals surface area (Å²) in [4.78, 5) is 17.1. The van der Waals surface area contributed by atoms with Crippen LogP contribution in [-0.4, -0.2) is 49.0 Å². The molecular weight excluding hydrogens is 324 g/mol. The summed E-state index contributed by atoms with van der Waals surface area (Å²) in [6, 6.07) is 18.9. The molecule has 2 aliphatic heterocycles. The Morgan fingerprint density at radius 3 is 2.54 bits per heavy atom. The molecule has 2 heterocycles. The van der Waals surface area contributed by atoms with Gasteiger partial charge in [-0.25, -0.2) is 0 Å². The van der Waals surface area contributed by atoms with Crippen molar-refractivity contribution >= 4 is 5.91 Å². The minimum Gasteiger partial charge on any atom is -0.484 e. The monoisotopic (exact) mass is 350 g/mol. The summed E-state index contributed by atoms with van der Waals surface area (Å²) in [6.45, 7) is 4.84. The van der Waals surface area contributed by atoms with E-state index in [-0.39, 0.29) is 12.5 Å². The highest BCUT2D eigenvalue weighted by molar-refractivity contribution is 5.78. The SMILES string of the molecule is Cc1ccccc1OCC(=O)N1C[C@@H]2CN(C)[C@@H](c3ccccc3)[C@@H]2C1. The van der Waals surface area contributed by atoms with E-state index in [1.165, 1.54) is 5.56 Å². The molecule has 0 aromatic heterocycles. The van der Waals surface area contributed by atoms with E-state index in [0.29, 0.717) is 17.9 Å². The largest absolute Gasteiger partial charge is 0.484 e. The van der Waals surface area contributed by atoms with Crippen molar-refractivity contribution in [1.29, 1.82) is 0 Å². The molecule has 0 N–H and O–H groups in total. The first-order chi connectivity index (χ1) is 12.6. The molecular formula is C22H26N2O2. The molecule has 4 rings (SSSR count). The van der Waals surface area contributed by atoms with Gasteiger partial charge in [0.25, 0.3) is 5.91 Å². The highest BCUT2D eigenvalue weighted by Gasteiger charge is 2.47. The standard InChI is InChI=1S/C22H26N2O2/c1-16-8-6-7-11-20(16)26-15-21(25)24-13-18-12-23(2)22(19(18)14-24)17-9-4-3-5-10-17/h3-11,18-19,22H,12-15H2,1-2H3/t18-,19+,22-/m0/s1. The molecule has 0 spiro atoms. The van der Waals surface area contributed by atoms with Crippen LogP contribution in [-0.2, 0) is 4.79 Å². The number of carbonyl (C=O) groups excluding carboxylic acids is 1. The minimum atomic E-state index is 0.0946. The number of aryl methyl sites for hydroxylation is 1. The van der Waals surface area contributed by atoms with E-state index in [1.54, 1.807) is 0 Å². The summed E-state index contributed by atoms with van der Waals surface area (Å²) in [5.74, 6) is 1.94. The molecule has 2 aliphatic rings. The topological polar surface area (TPSA) is 32.8 Å². The molecule has 2 saturated heterocycles. The van der Waals surface area contributed by atoms with E-state index < -0.39 is 0 Å². The van der Waals surface area contributed by atoms with E-state index in [0.717, 1.165) is 30.9 Å². The Labute approximate surface area is 155 Å². The highest BCUT2D eigenvalue weighted by Crippen LogP contribution is 2.43. The van der Waals surface area contributed by atoms with Crippen LogP contribution in [0.4, 0.5) is 0 Å². The lowest BCUT2D eigenvalue weighted by atomic mass is 9.90. The summed E-state index contributed by atoms with van der Waals surface area (Å²) < 4.78 is 5.76. The number of ether oxygens (including phenoxy) is 1. The number of hydrogen-bond acceptors (Lipinski definition) is 3. The first-order valence-corrected chi connectivity index (χ1v) is 9.35. The molecule has 4 nitrogen and oxygen atoms in total. The van der Waals surface area contributed by atoms with E-state index in [4.69, 9.17) is 4.74 Å². The second-order valence-electron chi connectivity index (χ2n) is 7.57. The highest BCUT2D eigenvalue weighted by atomic mass is 16.5. The van der Waals surface area contributed by atoms with Crippen LogP contribution < -0.4 is 4.74 Å². The normalized spacial score (nSPS) is 25.3. The number of amides is 1. The van der Waals surface area contributed by atoms with Gasteiger partial charge in [0.2, 0.25) is 0 Å². The first kappa shape index (κ1) is 17.1. The molecule has 2 fully saturated rings. The van der Waals surface area contributed by atoms with Crippen molar-refractivity contribution < 1.29 is 9.53 Å². The molecule has 3 atom stereocenters. The number of nitrogens with zero attached hydrogens (tertiary/aromatic N) is 2. The van der Waals surface area contributed by atoms with Crippen molar-refractivity contribution in [2.75, 3.05) is 33.3 Å². The van der Waals surface area contributed by atoms with Gasteiger partial charge in [-0.1, -0.05) is 48.5 Å². The number of likely N-dealkylation sites (tertiary alicyclic amines) is 2. The molecule has 2 aromatic rings. The molecule has 4 heteroatoms. The van der Waals surface area contributed by atoms with Crippen LogP contribution in [0.2, 0.25) is 0 Å². The van der Waals surface area contributed by atoms with Crippen molar-refractivity contribution in [1.82, 2.24) is 9.80 Å². The molecule has 26 heavy (non-hydrogen) atoms. The maximum Gasteiger partial charge on any atom is 0.260 e. The zero-order valence-electron chi connectivity index (χ0n) is 15.5. The third-order valence-electron chi connectivity index (χ3n) is 5.83. The quantitative estimate of drug-likeness (QED) is 0.849. The first-order valence-electron chi connectivity index (χ1n) is 9.35. The smallest absolute Gasteiger partial charge is 0.260 e. The Balaban J connectivity index is 1.40. The third-order valence-corrected chi connectivity index (χ3v) is 5.83. The summed E-state index contributed by atoms with van der Waals surface area (Å²) in [6.07, 6.45) is 0.